The van der Waals surface area contributed by atoms with Gasteiger partial charge < -0.3 is 5.73 Å². The molecule has 1 aliphatic rings. The van der Waals surface area contributed by atoms with Crippen molar-refractivity contribution in [3.63, 3.8) is 0 Å². The van der Waals surface area contributed by atoms with Crippen molar-refractivity contribution in [2.24, 2.45) is 0 Å². The molecule has 21 heavy (non-hydrogen) atoms. The van der Waals surface area contributed by atoms with Crippen molar-refractivity contribution < 1.29 is 21.2 Å². The smallest absolute Gasteiger partial charge is 0.243 e. The molecule has 0 aliphatic carbocycles. The predicted octanol–water partition coefficient (Wildman–Crippen LogP) is 0.606. The highest BCUT2D eigenvalue weighted by atomic mass is 32.2. The van der Waals surface area contributed by atoms with E-state index in [0.29, 0.717) is 0 Å². The molecule has 1 fully saturated rings. The van der Waals surface area contributed by atoms with Crippen LogP contribution in [0.15, 0.2) is 23.1 Å². The van der Waals surface area contributed by atoms with Crippen LogP contribution < -0.4 is 5.73 Å². The summed E-state index contributed by atoms with van der Waals surface area (Å²) in [5.41, 5.74) is 5.14. The summed E-state index contributed by atoms with van der Waals surface area (Å²) in [6.45, 7) is 1.77. The van der Waals surface area contributed by atoms with E-state index in [2.05, 4.69) is 0 Å². The molecule has 1 aromatic rings. The number of nitrogens with zero attached hydrogens (tertiary/aromatic N) is 1. The lowest BCUT2D eigenvalue weighted by atomic mass is 10.3. The van der Waals surface area contributed by atoms with Gasteiger partial charge >= 0.3 is 0 Å². The van der Waals surface area contributed by atoms with Crippen LogP contribution in [-0.4, -0.2) is 45.2 Å². The van der Waals surface area contributed by atoms with Gasteiger partial charge in [0, 0.05) is 12.6 Å². The predicted molar refractivity (Wildman–Crippen MR) is 77.4 cm³/mol. The van der Waals surface area contributed by atoms with Crippen LogP contribution in [0.3, 0.4) is 0 Å². The zero-order chi connectivity index (χ0) is 15.8. The number of halogens is 1. The molecule has 1 aliphatic heterocycles. The maximum atomic E-state index is 13.2. The average molecular weight is 336 g/mol. The van der Waals surface area contributed by atoms with Crippen molar-refractivity contribution >= 4 is 25.5 Å². The van der Waals surface area contributed by atoms with E-state index in [1.54, 1.807) is 6.92 Å². The van der Waals surface area contributed by atoms with Crippen LogP contribution in [0.25, 0.3) is 0 Å². The third kappa shape index (κ3) is 3.19. The van der Waals surface area contributed by atoms with Gasteiger partial charge in [-0.05, 0) is 24.6 Å². The molecule has 2 rings (SSSR count). The summed E-state index contributed by atoms with van der Waals surface area (Å²) in [6.07, 6.45) is 0.270. The number of sulfonamides is 1. The van der Waals surface area contributed by atoms with E-state index in [4.69, 9.17) is 5.73 Å². The molecule has 0 saturated carbocycles. The van der Waals surface area contributed by atoms with E-state index in [9.17, 15) is 21.2 Å². The van der Waals surface area contributed by atoms with Crippen molar-refractivity contribution in [2.75, 3.05) is 23.8 Å². The fourth-order valence-corrected chi connectivity index (χ4v) is 5.97. The Balaban J connectivity index is 2.38. The standard InChI is InChI=1S/C12H17FN2O4S2/c1-2-15(9-5-6-20(16,17)8-9)21(18,19)10-3-4-11(13)12(14)7-10/h3-4,7,9H,2,5-6,8,14H2,1H3. The molecule has 0 aromatic heterocycles. The lowest BCUT2D eigenvalue weighted by Crippen LogP contribution is -2.40. The molecule has 118 valence electrons. The van der Waals surface area contributed by atoms with Gasteiger partial charge in [0.05, 0.1) is 22.1 Å². The Kier molecular flexibility index (Phi) is 4.27. The van der Waals surface area contributed by atoms with E-state index < -0.39 is 31.7 Å². The Labute approximate surface area is 123 Å². The first-order chi connectivity index (χ1) is 9.67. The van der Waals surface area contributed by atoms with E-state index in [-0.39, 0.29) is 35.1 Å². The van der Waals surface area contributed by atoms with Crippen LogP contribution in [0.1, 0.15) is 13.3 Å². The van der Waals surface area contributed by atoms with Gasteiger partial charge in [-0.3, -0.25) is 0 Å². The first-order valence-electron chi connectivity index (χ1n) is 6.44. The highest BCUT2D eigenvalue weighted by Gasteiger charge is 2.38. The Hall–Kier alpha value is -1.19. The summed E-state index contributed by atoms with van der Waals surface area (Å²) in [5.74, 6) is -0.896. The molecule has 0 spiro atoms. The zero-order valence-electron chi connectivity index (χ0n) is 11.5. The molecule has 0 radical (unpaired) electrons. The van der Waals surface area contributed by atoms with Crippen molar-refractivity contribution in [1.29, 1.82) is 0 Å². The summed E-state index contributed by atoms with van der Waals surface area (Å²) in [4.78, 5) is -0.132. The second-order valence-electron chi connectivity index (χ2n) is 4.95. The van der Waals surface area contributed by atoms with Gasteiger partial charge in [0.1, 0.15) is 5.82 Å². The topological polar surface area (TPSA) is 97.5 Å². The van der Waals surface area contributed by atoms with Crippen LogP contribution in [0, 0.1) is 5.82 Å². The number of hydrogen-bond acceptors (Lipinski definition) is 5. The van der Waals surface area contributed by atoms with Crippen molar-refractivity contribution in [1.82, 2.24) is 4.31 Å². The monoisotopic (exact) mass is 336 g/mol. The number of hydrogen-bond donors (Lipinski definition) is 1. The van der Waals surface area contributed by atoms with Gasteiger partial charge in [-0.15, -0.1) is 0 Å². The third-order valence-corrected chi connectivity index (χ3v) is 7.28. The lowest BCUT2D eigenvalue weighted by molar-refractivity contribution is 0.354. The van der Waals surface area contributed by atoms with Gasteiger partial charge in [-0.25, -0.2) is 21.2 Å². The molecule has 0 bridgehead atoms. The first-order valence-corrected chi connectivity index (χ1v) is 9.71. The summed E-state index contributed by atoms with van der Waals surface area (Å²) in [5, 5.41) is 0. The molecule has 1 saturated heterocycles. The van der Waals surface area contributed by atoms with Gasteiger partial charge in [0.25, 0.3) is 0 Å². The Bertz CT molecular complexity index is 747. The number of nitrogen functional groups attached to an aromatic ring is 1. The fourth-order valence-electron chi connectivity index (χ4n) is 2.44. The molecular formula is C12H17FN2O4S2. The lowest BCUT2D eigenvalue weighted by Gasteiger charge is -2.26. The van der Waals surface area contributed by atoms with E-state index in [0.717, 1.165) is 22.5 Å². The molecule has 9 heteroatoms. The maximum Gasteiger partial charge on any atom is 0.243 e. The summed E-state index contributed by atoms with van der Waals surface area (Å²) >= 11 is 0. The molecule has 1 heterocycles. The normalized spacial score (nSPS) is 21.8. The van der Waals surface area contributed by atoms with Crippen LogP contribution in [0.4, 0.5) is 10.1 Å². The Morgan fingerprint density at radius 3 is 2.57 bits per heavy atom. The SMILES string of the molecule is CCN(C1CCS(=O)(=O)C1)S(=O)(=O)c1ccc(F)c(N)c1. The zero-order valence-corrected chi connectivity index (χ0v) is 13.1. The van der Waals surface area contributed by atoms with Crippen LogP contribution >= 0.6 is 0 Å². The van der Waals surface area contributed by atoms with Gasteiger partial charge in [-0.2, -0.15) is 4.31 Å². The third-order valence-electron chi connectivity index (χ3n) is 3.50. The molecule has 0 amide bonds. The summed E-state index contributed by atoms with van der Waals surface area (Å²) in [6, 6.07) is 2.59. The average Bonchev–Trinajstić information content (AvgIpc) is 2.73. The van der Waals surface area contributed by atoms with Crippen molar-refractivity contribution in [2.45, 2.75) is 24.3 Å². The molecule has 1 aromatic carbocycles. The maximum absolute atomic E-state index is 13.2. The number of benzene rings is 1. The van der Waals surface area contributed by atoms with Gasteiger partial charge in [-0.1, -0.05) is 6.92 Å². The number of sulfone groups is 1. The second kappa shape index (κ2) is 5.54. The molecule has 1 atom stereocenters. The minimum atomic E-state index is -3.90. The van der Waals surface area contributed by atoms with Crippen LogP contribution in [0.2, 0.25) is 0 Å². The Morgan fingerprint density at radius 1 is 1.43 bits per heavy atom. The fraction of sp³-hybridized carbons (Fsp3) is 0.500. The van der Waals surface area contributed by atoms with Crippen LogP contribution in [0.5, 0.6) is 0 Å². The Morgan fingerprint density at radius 2 is 2.10 bits per heavy atom. The van der Waals surface area contributed by atoms with E-state index in [1.807, 2.05) is 0 Å². The first kappa shape index (κ1) is 16.2. The van der Waals surface area contributed by atoms with Gasteiger partial charge in [0.2, 0.25) is 10.0 Å². The number of nitrogens with two attached hydrogens (primary N) is 1. The highest BCUT2D eigenvalue weighted by molar-refractivity contribution is 7.92. The molecule has 1 unspecified atom stereocenters. The van der Waals surface area contributed by atoms with Crippen LogP contribution in [-0.2, 0) is 19.9 Å². The number of anilines is 1. The summed E-state index contributed by atoms with van der Waals surface area (Å²) < 4.78 is 62.5. The quantitative estimate of drug-likeness (QED) is 0.812. The minimum absolute atomic E-state index is 0.0186. The van der Waals surface area contributed by atoms with Crippen molar-refractivity contribution in [3.05, 3.63) is 24.0 Å². The van der Waals surface area contributed by atoms with E-state index in [1.165, 1.54) is 0 Å². The number of rotatable bonds is 4. The molecule has 6 nitrogen and oxygen atoms in total. The molecule has 2 N–H and O–H groups in total. The highest BCUT2D eigenvalue weighted by Crippen LogP contribution is 2.26. The van der Waals surface area contributed by atoms with Gasteiger partial charge in [0.15, 0.2) is 9.84 Å². The minimum Gasteiger partial charge on any atom is -0.396 e. The largest absolute Gasteiger partial charge is 0.396 e. The van der Waals surface area contributed by atoms with Crippen molar-refractivity contribution in [3.8, 4) is 0 Å². The molecular weight excluding hydrogens is 319 g/mol. The second-order valence-corrected chi connectivity index (χ2v) is 9.07. The summed E-state index contributed by atoms with van der Waals surface area (Å²) in [7, 11) is -7.10. The van der Waals surface area contributed by atoms with E-state index >= 15 is 0 Å².